The quantitative estimate of drug-likeness (QED) is 0.657. The number of nitrogens with zero attached hydrogens (tertiary/aromatic N) is 3. The van der Waals surface area contributed by atoms with E-state index in [9.17, 15) is 8.42 Å². The van der Waals surface area contributed by atoms with Crippen LogP contribution < -0.4 is 0 Å². The lowest BCUT2D eigenvalue weighted by Crippen LogP contribution is -2.06. The minimum absolute atomic E-state index is 0.0165. The van der Waals surface area contributed by atoms with E-state index >= 15 is 0 Å². The van der Waals surface area contributed by atoms with Crippen molar-refractivity contribution in [1.82, 2.24) is 15.0 Å². The minimum atomic E-state index is -2.98. The van der Waals surface area contributed by atoms with Crippen LogP contribution in [0.2, 0.25) is 0 Å². The Bertz CT molecular complexity index is 355. The highest BCUT2D eigenvalue weighted by atomic mass is 32.2. The van der Waals surface area contributed by atoms with Gasteiger partial charge in [0.15, 0.2) is 9.84 Å². The van der Waals surface area contributed by atoms with Gasteiger partial charge in [0.05, 0.1) is 11.4 Å². The average Bonchev–Trinajstić information content (AvgIpc) is 2.35. The van der Waals surface area contributed by atoms with E-state index in [0.29, 0.717) is 5.69 Å². The summed E-state index contributed by atoms with van der Waals surface area (Å²) in [5.41, 5.74) is 0.499. The first-order chi connectivity index (χ1) is 5.53. The van der Waals surface area contributed by atoms with Crippen molar-refractivity contribution in [3.8, 4) is 0 Å². The van der Waals surface area contributed by atoms with Gasteiger partial charge in [0.25, 0.3) is 0 Å². The van der Waals surface area contributed by atoms with Crippen LogP contribution >= 0.6 is 0 Å². The van der Waals surface area contributed by atoms with Crippen molar-refractivity contribution in [2.75, 3.05) is 5.75 Å². The Labute approximate surface area is 71.3 Å². The van der Waals surface area contributed by atoms with Gasteiger partial charge in [-0.25, -0.2) is 8.42 Å². The molecule has 5 nitrogen and oxygen atoms in total. The summed E-state index contributed by atoms with van der Waals surface area (Å²) >= 11 is 0. The molecule has 1 aromatic heterocycles. The Morgan fingerprint density at radius 3 is 2.67 bits per heavy atom. The van der Waals surface area contributed by atoms with Crippen LogP contribution in [0.3, 0.4) is 0 Å². The van der Waals surface area contributed by atoms with Crippen molar-refractivity contribution in [2.24, 2.45) is 7.05 Å². The molecule has 12 heavy (non-hydrogen) atoms. The molecule has 0 bridgehead atoms. The number of aryl methyl sites for hydroxylation is 1. The second-order valence-corrected chi connectivity index (χ2v) is 4.91. The fourth-order valence-corrected chi connectivity index (χ4v) is 1.58. The van der Waals surface area contributed by atoms with Crippen LogP contribution in [0.25, 0.3) is 0 Å². The summed E-state index contributed by atoms with van der Waals surface area (Å²) in [6.45, 7) is 1.62. The maximum atomic E-state index is 11.1. The molecule has 0 amide bonds. The Balaban J connectivity index is 2.77. The third kappa shape index (κ3) is 2.30. The van der Waals surface area contributed by atoms with E-state index in [0.717, 1.165) is 0 Å². The largest absolute Gasteiger partial charge is 0.255 e. The molecule has 1 heterocycles. The molecule has 0 radical (unpaired) electrons. The van der Waals surface area contributed by atoms with Crippen LogP contribution in [0.4, 0.5) is 0 Å². The summed E-state index contributed by atoms with van der Waals surface area (Å²) in [7, 11) is -1.27. The minimum Gasteiger partial charge on any atom is -0.255 e. The number of aromatic nitrogens is 3. The smallest absolute Gasteiger partial charge is 0.155 e. The summed E-state index contributed by atoms with van der Waals surface area (Å²) in [6.07, 6.45) is 1.60. The first kappa shape index (κ1) is 9.18. The highest BCUT2D eigenvalue weighted by Crippen LogP contribution is 2.01. The van der Waals surface area contributed by atoms with Crippen LogP contribution in [0, 0.1) is 0 Å². The highest BCUT2D eigenvalue weighted by Gasteiger charge is 2.10. The lowest BCUT2D eigenvalue weighted by atomic mass is 10.6. The van der Waals surface area contributed by atoms with Gasteiger partial charge >= 0.3 is 0 Å². The molecule has 0 aromatic carbocycles. The average molecular weight is 189 g/mol. The number of rotatable bonds is 3. The molecule has 0 aliphatic carbocycles. The molecule has 1 rings (SSSR count). The molecule has 68 valence electrons. The van der Waals surface area contributed by atoms with E-state index in [-0.39, 0.29) is 11.5 Å². The standard InChI is InChI=1S/C6H11N3O2S/c1-3-12(10,11)5-6-4-9(2)8-7-6/h4H,3,5H2,1-2H3. The number of hydrogen-bond acceptors (Lipinski definition) is 4. The van der Waals surface area contributed by atoms with Crippen LogP contribution in [0.1, 0.15) is 12.6 Å². The number of sulfone groups is 1. The van der Waals surface area contributed by atoms with E-state index in [1.54, 1.807) is 20.2 Å². The van der Waals surface area contributed by atoms with E-state index in [1.165, 1.54) is 4.68 Å². The fraction of sp³-hybridized carbons (Fsp3) is 0.667. The SMILES string of the molecule is CCS(=O)(=O)Cc1cn(C)nn1. The van der Waals surface area contributed by atoms with Gasteiger partial charge < -0.3 is 0 Å². The Kier molecular flexibility index (Phi) is 2.46. The second kappa shape index (κ2) is 3.22. The van der Waals surface area contributed by atoms with Crippen molar-refractivity contribution >= 4 is 9.84 Å². The molecule has 0 unspecified atom stereocenters. The van der Waals surface area contributed by atoms with Gasteiger partial charge in [0.2, 0.25) is 0 Å². The van der Waals surface area contributed by atoms with Gasteiger partial charge in [0.1, 0.15) is 0 Å². The summed E-state index contributed by atoms with van der Waals surface area (Å²) in [5, 5.41) is 7.32. The lowest BCUT2D eigenvalue weighted by molar-refractivity contribution is 0.595. The summed E-state index contributed by atoms with van der Waals surface area (Å²) in [6, 6.07) is 0. The number of hydrogen-bond donors (Lipinski definition) is 0. The summed E-state index contributed by atoms with van der Waals surface area (Å²) in [5.74, 6) is 0.126. The maximum absolute atomic E-state index is 11.1. The van der Waals surface area contributed by atoms with Gasteiger partial charge in [-0.15, -0.1) is 5.10 Å². The zero-order chi connectivity index (χ0) is 9.19. The van der Waals surface area contributed by atoms with Crippen molar-refractivity contribution < 1.29 is 8.42 Å². The summed E-state index contributed by atoms with van der Waals surface area (Å²) < 4.78 is 23.7. The van der Waals surface area contributed by atoms with E-state index in [1.807, 2.05) is 0 Å². The monoisotopic (exact) mass is 189 g/mol. The lowest BCUT2D eigenvalue weighted by Gasteiger charge is -1.94. The van der Waals surface area contributed by atoms with Gasteiger partial charge in [-0.05, 0) is 0 Å². The third-order valence-corrected chi connectivity index (χ3v) is 3.07. The van der Waals surface area contributed by atoms with E-state index in [2.05, 4.69) is 10.3 Å². The Morgan fingerprint density at radius 1 is 1.58 bits per heavy atom. The summed E-state index contributed by atoms with van der Waals surface area (Å²) in [4.78, 5) is 0. The Morgan fingerprint density at radius 2 is 2.25 bits per heavy atom. The van der Waals surface area contributed by atoms with Gasteiger partial charge in [-0.3, -0.25) is 4.68 Å². The topological polar surface area (TPSA) is 64.8 Å². The Hall–Kier alpha value is -0.910. The van der Waals surface area contributed by atoms with Crippen molar-refractivity contribution in [2.45, 2.75) is 12.7 Å². The molecule has 6 heteroatoms. The van der Waals surface area contributed by atoms with Crippen LogP contribution in [0.5, 0.6) is 0 Å². The van der Waals surface area contributed by atoms with Crippen LogP contribution in [-0.4, -0.2) is 29.2 Å². The zero-order valence-corrected chi connectivity index (χ0v) is 7.87. The molecule has 1 aromatic rings. The van der Waals surface area contributed by atoms with Crippen molar-refractivity contribution in [3.63, 3.8) is 0 Å². The first-order valence-electron chi connectivity index (χ1n) is 3.59. The predicted molar refractivity (Wildman–Crippen MR) is 44.2 cm³/mol. The van der Waals surface area contributed by atoms with E-state index in [4.69, 9.17) is 0 Å². The van der Waals surface area contributed by atoms with Gasteiger partial charge in [-0.2, -0.15) is 0 Å². The van der Waals surface area contributed by atoms with Crippen molar-refractivity contribution in [1.29, 1.82) is 0 Å². The van der Waals surface area contributed by atoms with Gasteiger partial charge in [-0.1, -0.05) is 12.1 Å². The fourth-order valence-electron chi connectivity index (χ4n) is 0.789. The normalized spacial score (nSPS) is 11.8. The molecule has 0 saturated heterocycles. The van der Waals surface area contributed by atoms with Gasteiger partial charge in [0, 0.05) is 19.0 Å². The van der Waals surface area contributed by atoms with Crippen LogP contribution in [-0.2, 0) is 22.6 Å². The second-order valence-electron chi connectivity index (χ2n) is 2.56. The zero-order valence-electron chi connectivity index (χ0n) is 7.06. The maximum Gasteiger partial charge on any atom is 0.155 e. The molecule has 0 saturated carbocycles. The molecular weight excluding hydrogens is 178 g/mol. The first-order valence-corrected chi connectivity index (χ1v) is 5.41. The van der Waals surface area contributed by atoms with Crippen LogP contribution in [0.15, 0.2) is 6.20 Å². The molecule has 0 atom stereocenters. The molecule has 0 spiro atoms. The molecule has 0 fully saturated rings. The predicted octanol–water partition coefficient (Wildman–Crippen LogP) is -0.250. The molecule has 0 aliphatic heterocycles. The molecule has 0 N–H and O–H groups in total. The third-order valence-electron chi connectivity index (χ3n) is 1.46. The van der Waals surface area contributed by atoms with Crippen molar-refractivity contribution in [3.05, 3.63) is 11.9 Å². The molecular formula is C6H11N3O2S. The highest BCUT2D eigenvalue weighted by molar-refractivity contribution is 7.90. The molecule has 0 aliphatic rings. The van der Waals surface area contributed by atoms with E-state index < -0.39 is 9.84 Å².